The zero-order valence-corrected chi connectivity index (χ0v) is 12.6. The quantitative estimate of drug-likeness (QED) is 0.720. The lowest BCUT2D eigenvalue weighted by Crippen LogP contribution is -2.05. The number of Topliss-reactive ketones (excluding diaryl/α,β-unsaturated/α-hetero) is 1. The fourth-order valence-corrected chi connectivity index (χ4v) is 3.28. The highest BCUT2D eigenvalue weighted by Gasteiger charge is 2.09. The number of ketones is 1. The Labute approximate surface area is 122 Å². The molecule has 0 saturated carbocycles. The molecular weight excluding hydrogens is 274 g/mol. The van der Waals surface area contributed by atoms with Gasteiger partial charge in [-0.2, -0.15) is 11.8 Å². The summed E-state index contributed by atoms with van der Waals surface area (Å²) in [5, 5.41) is 2.94. The van der Waals surface area contributed by atoms with Crippen molar-refractivity contribution in [2.75, 3.05) is 11.5 Å². The molecule has 0 radical (unpaired) electrons. The maximum absolute atomic E-state index is 11.8. The lowest BCUT2D eigenvalue weighted by Gasteiger charge is -1.98. The van der Waals surface area contributed by atoms with Crippen molar-refractivity contribution in [2.45, 2.75) is 19.8 Å². The third-order valence-corrected chi connectivity index (χ3v) is 4.65. The standard InChI is InChI=1S/C15H17NOS2/c1-2-8-18-10-13(17)9-15-16-14(11-19-15)12-6-4-3-5-7-12/h3-7,11H,2,8-10H2,1H3. The largest absolute Gasteiger partial charge is 0.298 e. The lowest BCUT2D eigenvalue weighted by atomic mass is 10.2. The first-order valence-electron chi connectivity index (χ1n) is 6.39. The molecule has 1 heterocycles. The maximum atomic E-state index is 11.8. The van der Waals surface area contributed by atoms with E-state index in [9.17, 15) is 4.79 Å². The minimum absolute atomic E-state index is 0.271. The van der Waals surface area contributed by atoms with Crippen LogP contribution >= 0.6 is 23.1 Å². The van der Waals surface area contributed by atoms with Crippen LogP contribution < -0.4 is 0 Å². The minimum atomic E-state index is 0.271. The molecule has 4 heteroatoms. The van der Waals surface area contributed by atoms with Crippen LogP contribution in [0.3, 0.4) is 0 Å². The molecular formula is C15H17NOS2. The summed E-state index contributed by atoms with van der Waals surface area (Å²) in [7, 11) is 0. The van der Waals surface area contributed by atoms with Gasteiger partial charge in [-0.3, -0.25) is 4.79 Å². The topological polar surface area (TPSA) is 30.0 Å². The number of thioether (sulfide) groups is 1. The van der Waals surface area contributed by atoms with Crippen molar-refractivity contribution in [3.63, 3.8) is 0 Å². The fraction of sp³-hybridized carbons (Fsp3) is 0.333. The third kappa shape index (κ3) is 4.48. The molecule has 1 aromatic carbocycles. The molecule has 0 aliphatic heterocycles. The summed E-state index contributed by atoms with van der Waals surface area (Å²) in [5.74, 6) is 1.93. The molecule has 2 rings (SSSR count). The van der Waals surface area contributed by atoms with Crippen LogP contribution in [0.2, 0.25) is 0 Å². The fourth-order valence-electron chi connectivity index (χ4n) is 1.68. The van der Waals surface area contributed by atoms with Crippen molar-refractivity contribution in [3.05, 3.63) is 40.7 Å². The average molecular weight is 291 g/mol. The predicted molar refractivity (Wildman–Crippen MR) is 83.9 cm³/mol. The summed E-state index contributed by atoms with van der Waals surface area (Å²) in [6.45, 7) is 2.13. The molecule has 0 aliphatic rings. The number of carbonyl (C=O) groups is 1. The molecule has 2 nitrogen and oxygen atoms in total. The molecule has 0 fully saturated rings. The summed E-state index contributed by atoms with van der Waals surface area (Å²) >= 11 is 3.28. The van der Waals surface area contributed by atoms with Crippen molar-refractivity contribution in [1.29, 1.82) is 0 Å². The second-order valence-electron chi connectivity index (χ2n) is 4.26. The van der Waals surface area contributed by atoms with Crippen LogP contribution in [0.5, 0.6) is 0 Å². The molecule has 0 spiro atoms. The molecule has 1 aromatic heterocycles. The summed E-state index contributed by atoms with van der Waals surface area (Å²) < 4.78 is 0. The van der Waals surface area contributed by atoms with Crippen molar-refractivity contribution >= 4 is 28.9 Å². The molecule has 0 amide bonds. The van der Waals surface area contributed by atoms with Crippen molar-refractivity contribution in [1.82, 2.24) is 4.98 Å². The number of hydrogen-bond donors (Lipinski definition) is 0. The van der Waals surface area contributed by atoms with Gasteiger partial charge in [-0.15, -0.1) is 11.3 Å². The molecule has 0 aliphatic carbocycles. The number of nitrogens with zero attached hydrogens (tertiary/aromatic N) is 1. The molecule has 2 aromatic rings. The van der Waals surface area contributed by atoms with Crippen molar-refractivity contribution in [3.8, 4) is 11.3 Å². The van der Waals surface area contributed by atoms with Gasteiger partial charge in [0.25, 0.3) is 0 Å². The van der Waals surface area contributed by atoms with Gasteiger partial charge in [-0.05, 0) is 12.2 Å². The number of thiazole rings is 1. The van der Waals surface area contributed by atoms with Gasteiger partial charge >= 0.3 is 0 Å². The second kappa shape index (κ2) is 7.46. The van der Waals surface area contributed by atoms with Gasteiger partial charge in [0.05, 0.1) is 17.9 Å². The minimum Gasteiger partial charge on any atom is -0.298 e. The molecule has 100 valence electrons. The van der Waals surface area contributed by atoms with Gasteiger partial charge in [0.1, 0.15) is 10.8 Å². The predicted octanol–water partition coefficient (Wildman–Crippen LogP) is 4.06. The molecule has 0 saturated heterocycles. The Bertz CT molecular complexity index is 522. The Balaban J connectivity index is 1.93. The highest BCUT2D eigenvalue weighted by atomic mass is 32.2. The molecule has 0 atom stereocenters. The van der Waals surface area contributed by atoms with Crippen molar-refractivity contribution in [2.24, 2.45) is 0 Å². The van der Waals surface area contributed by atoms with Crippen LogP contribution in [0.25, 0.3) is 11.3 Å². The molecule has 19 heavy (non-hydrogen) atoms. The van der Waals surface area contributed by atoms with Gasteiger partial charge in [0.2, 0.25) is 0 Å². The number of hydrogen-bond acceptors (Lipinski definition) is 4. The van der Waals surface area contributed by atoms with E-state index in [0.717, 1.165) is 28.4 Å². The molecule has 0 unspecified atom stereocenters. The number of benzene rings is 1. The third-order valence-electron chi connectivity index (χ3n) is 2.58. The van der Waals surface area contributed by atoms with Crippen molar-refractivity contribution < 1.29 is 4.79 Å². The summed E-state index contributed by atoms with van der Waals surface area (Å²) in [4.78, 5) is 16.3. The summed E-state index contributed by atoms with van der Waals surface area (Å²) in [5.41, 5.74) is 2.08. The first kappa shape index (κ1) is 14.3. The molecule has 0 bridgehead atoms. The van der Waals surface area contributed by atoms with Crippen LogP contribution in [-0.2, 0) is 11.2 Å². The summed E-state index contributed by atoms with van der Waals surface area (Å²) in [6.07, 6.45) is 1.58. The van der Waals surface area contributed by atoms with E-state index in [2.05, 4.69) is 11.9 Å². The number of aromatic nitrogens is 1. The normalized spacial score (nSPS) is 10.6. The lowest BCUT2D eigenvalue weighted by molar-refractivity contribution is -0.115. The maximum Gasteiger partial charge on any atom is 0.149 e. The monoisotopic (exact) mass is 291 g/mol. The van der Waals surface area contributed by atoms with E-state index in [0.29, 0.717) is 12.2 Å². The van der Waals surface area contributed by atoms with Crippen LogP contribution in [0.1, 0.15) is 18.4 Å². The number of carbonyl (C=O) groups excluding carboxylic acids is 1. The Morgan fingerprint density at radius 3 is 2.84 bits per heavy atom. The van der Waals surface area contributed by atoms with E-state index in [-0.39, 0.29) is 5.78 Å². The first-order chi connectivity index (χ1) is 9.29. The van der Waals surface area contributed by atoms with E-state index < -0.39 is 0 Å². The molecule has 0 N–H and O–H groups in total. The van der Waals surface area contributed by atoms with Crippen LogP contribution in [0, 0.1) is 0 Å². The zero-order chi connectivity index (χ0) is 13.5. The van der Waals surface area contributed by atoms with E-state index in [1.807, 2.05) is 35.7 Å². The second-order valence-corrected chi connectivity index (χ2v) is 6.31. The van der Waals surface area contributed by atoms with E-state index in [1.54, 1.807) is 23.1 Å². The SMILES string of the molecule is CCCSCC(=O)Cc1nc(-c2ccccc2)cs1. The van der Waals surface area contributed by atoms with Gasteiger partial charge in [-0.1, -0.05) is 37.3 Å². The average Bonchev–Trinajstić information content (AvgIpc) is 2.88. The Kier molecular flexibility index (Phi) is 5.61. The Morgan fingerprint density at radius 1 is 1.32 bits per heavy atom. The van der Waals surface area contributed by atoms with Gasteiger partial charge < -0.3 is 0 Å². The van der Waals surface area contributed by atoms with Crippen LogP contribution in [0.15, 0.2) is 35.7 Å². The van der Waals surface area contributed by atoms with E-state index in [4.69, 9.17) is 0 Å². The van der Waals surface area contributed by atoms with Crippen LogP contribution in [-0.4, -0.2) is 22.3 Å². The summed E-state index contributed by atoms with van der Waals surface area (Å²) in [6, 6.07) is 10.1. The highest BCUT2D eigenvalue weighted by molar-refractivity contribution is 7.99. The van der Waals surface area contributed by atoms with Gasteiger partial charge in [0, 0.05) is 10.9 Å². The van der Waals surface area contributed by atoms with E-state index >= 15 is 0 Å². The Morgan fingerprint density at radius 2 is 2.11 bits per heavy atom. The smallest absolute Gasteiger partial charge is 0.149 e. The number of rotatable bonds is 7. The first-order valence-corrected chi connectivity index (χ1v) is 8.42. The zero-order valence-electron chi connectivity index (χ0n) is 11.0. The van der Waals surface area contributed by atoms with Gasteiger partial charge in [-0.25, -0.2) is 4.98 Å². The van der Waals surface area contributed by atoms with E-state index in [1.165, 1.54) is 0 Å². The van der Waals surface area contributed by atoms with Gasteiger partial charge in [0.15, 0.2) is 0 Å². The highest BCUT2D eigenvalue weighted by Crippen LogP contribution is 2.22. The Hall–Kier alpha value is -1.13. The van der Waals surface area contributed by atoms with Crippen LogP contribution in [0.4, 0.5) is 0 Å².